The molecule has 0 aromatic rings. The molecule has 2 rings (SSSR count). The molecule has 1 aliphatic carbocycles. The maximum Gasteiger partial charge on any atom is 0.0700 e. The summed E-state index contributed by atoms with van der Waals surface area (Å²) in [7, 11) is 0. The normalized spacial score (nSPS) is 43.6. The Hall–Kier alpha value is -0.0800. The Bertz CT molecular complexity index is 242. The van der Waals surface area contributed by atoms with E-state index in [-0.39, 0.29) is 6.10 Å². The first kappa shape index (κ1) is 13.4. The fourth-order valence-corrected chi connectivity index (χ4v) is 3.83. The summed E-state index contributed by atoms with van der Waals surface area (Å²) in [6.45, 7) is 11.7. The Labute approximate surface area is 106 Å². The maximum atomic E-state index is 10.4. The molecule has 1 aliphatic heterocycles. The summed E-state index contributed by atoms with van der Waals surface area (Å²) in [6.07, 6.45) is 4.73. The summed E-state index contributed by atoms with van der Waals surface area (Å²) in [4.78, 5) is 2.56. The first-order valence-electron chi connectivity index (χ1n) is 7.31. The first-order valence-corrected chi connectivity index (χ1v) is 7.31. The summed E-state index contributed by atoms with van der Waals surface area (Å²) in [5.74, 6) is 1.34. The van der Waals surface area contributed by atoms with Crippen LogP contribution in [0.15, 0.2) is 0 Å². The molecule has 0 amide bonds. The second kappa shape index (κ2) is 4.89. The van der Waals surface area contributed by atoms with E-state index in [1.165, 1.54) is 32.4 Å². The van der Waals surface area contributed by atoms with Crippen LogP contribution in [0.2, 0.25) is 0 Å². The predicted octanol–water partition coefficient (Wildman–Crippen LogP) is 2.90. The van der Waals surface area contributed by atoms with E-state index in [0.29, 0.717) is 23.3 Å². The van der Waals surface area contributed by atoms with Crippen molar-refractivity contribution in [1.82, 2.24) is 4.90 Å². The van der Waals surface area contributed by atoms with Gasteiger partial charge >= 0.3 is 0 Å². The van der Waals surface area contributed by atoms with E-state index >= 15 is 0 Å². The lowest BCUT2D eigenvalue weighted by molar-refractivity contribution is -0.0432. The van der Waals surface area contributed by atoms with Gasteiger partial charge in [0.25, 0.3) is 0 Å². The van der Waals surface area contributed by atoms with Crippen LogP contribution < -0.4 is 0 Å². The molecule has 0 spiro atoms. The molecule has 0 bridgehead atoms. The maximum absolute atomic E-state index is 10.4. The van der Waals surface area contributed by atoms with E-state index in [0.717, 1.165) is 6.42 Å². The Morgan fingerprint density at radius 3 is 2.18 bits per heavy atom. The smallest absolute Gasteiger partial charge is 0.0700 e. The molecule has 2 nitrogen and oxygen atoms in total. The van der Waals surface area contributed by atoms with Crippen molar-refractivity contribution in [2.75, 3.05) is 13.1 Å². The van der Waals surface area contributed by atoms with Crippen LogP contribution in [-0.4, -0.2) is 35.2 Å². The van der Waals surface area contributed by atoms with Crippen LogP contribution >= 0.6 is 0 Å². The molecule has 0 aromatic carbocycles. The topological polar surface area (TPSA) is 23.5 Å². The largest absolute Gasteiger partial charge is 0.391 e. The molecule has 0 aromatic heterocycles. The summed E-state index contributed by atoms with van der Waals surface area (Å²) >= 11 is 0. The van der Waals surface area contributed by atoms with Crippen molar-refractivity contribution in [3.8, 4) is 0 Å². The molecular formula is C15H29NO. The van der Waals surface area contributed by atoms with E-state index in [1.54, 1.807) is 0 Å². The number of nitrogens with zero attached hydrogens (tertiary/aromatic N) is 1. The second-order valence-corrected chi connectivity index (χ2v) is 7.31. The highest BCUT2D eigenvalue weighted by molar-refractivity contribution is 4.92. The summed E-state index contributed by atoms with van der Waals surface area (Å²) in [5, 5.41) is 10.4. The highest BCUT2D eigenvalue weighted by Gasteiger charge is 2.39. The molecular weight excluding hydrogens is 210 g/mol. The summed E-state index contributed by atoms with van der Waals surface area (Å²) < 4.78 is 0. The van der Waals surface area contributed by atoms with Crippen molar-refractivity contribution in [2.24, 2.45) is 17.3 Å². The van der Waals surface area contributed by atoms with Gasteiger partial charge in [0.15, 0.2) is 0 Å². The molecule has 2 fully saturated rings. The third-order valence-electron chi connectivity index (χ3n) is 4.97. The minimum atomic E-state index is -0.102. The Balaban J connectivity index is 1.97. The average Bonchev–Trinajstić information content (AvgIpc) is 2.19. The van der Waals surface area contributed by atoms with Crippen molar-refractivity contribution < 1.29 is 5.11 Å². The molecule has 1 N–H and O–H groups in total. The number of piperidine rings is 1. The number of hydrogen-bond acceptors (Lipinski definition) is 2. The lowest BCUT2D eigenvalue weighted by Gasteiger charge is -2.47. The van der Waals surface area contributed by atoms with Crippen LogP contribution in [0.5, 0.6) is 0 Å². The lowest BCUT2D eigenvalue weighted by Crippen LogP contribution is -2.54. The van der Waals surface area contributed by atoms with Gasteiger partial charge in [0.05, 0.1) is 6.10 Å². The number of rotatable bonds is 1. The number of likely N-dealkylation sites (tertiary alicyclic amines) is 1. The third kappa shape index (κ3) is 3.03. The minimum Gasteiger partial charge on any atom is -0.391 e. The quantitative estimate of drug-likeness (QED) is 0.760. The average molecular weight is 239 g/mol. The first-order chi connectivity index (χ1) is 7.89. The molecule has 2 heteroatoms. The van der Waals surface area contributed by atoms with Crippen LogP contribution in [0.25, 0.3) is 0 Å². The van der Waals surface area contributed by atoms with Gasteiger partial charge in [-0.15, -0.1) is 0 Å². The van der Waals surface area contributed by atoms with Gasteiger partial charge in [0, 0.05) is 6.04 Å². The number of aliphatic hydroxyl groups excluding tert-OH is 1. The summed E-state index contributed by atoms with van der Waals surface area (Å²) in [5.41, 5.74) is 0.507. The monoisotopic (exact) mass is 239 g/mol. The van der Waals surface area contributed by atoms with E-state index in [9.17, 15) is 5.11 Å². The van der Waals surface area contributed by atoms with E-state index in [2.05, 4.69) is 32.6 Å². The van der Waals surface area contributed by atoms with Gasteiger partial charge in [-0.3, -0.25) is 4.90 Å². The van der Waals surface area contributed by atoms with Gasteiger partial charge in [-0.25, -0.2) is 0 Å². The lowest BCUT2D eigenvalue weighted by atomic mass is 9.75. The van der Waals surface area contributed by atoms with Gasteiger partial charge < -0.3 is 5.11 Å². The zero-order valence-electron chi connectivity index (χ0n) is 11.9. The van der Waals surface area contributed by atoms with Crippen LogP contribution in [0.3, 0.4) is 0 Å². The molecule has 2 aliphatic rings. The highest BCUT2D eigenvalue weighted by atomic mass is 16.3. The Morgan fingerprint density at radius 1 is 1.06 bits per heavy atom. The van der Waals surface area contributed by atoms with Gasteiger partial charge in [-0.2, -0.15) is 0 Å². The molecule has 0 radical (unpaired) electrons. The summed E-state index contributed by atoms with van der Waals surface area (Å²) in [6, 6.07) is 0.419. The molecule has 1 heterocycles. The van der Waals surface area contributed by atoms with Crippen molar-refractivity contribution in [3.05, 3.63) is 0 Å². The van der Waals surface area contributed by atoms with Gasteiger partial charge in [-0.1, -0.05) is 27.7 Å². The Kier molecular flexibility index (Phi) is 3.84. The third-order valence-corrected chi connectivity index (χ3v) is 4.97. The molecule has 4 atom stereocenters. The van der Waals surface area contributed by atoms with Crippen LogP contribution in [-0.2, 0) is 0 Å². The van der Waals surface area contributed by atoms with E-state index in [1.807, 2.05) is 0 Å². The molecule has 4 unspecified atom stereocenters. The Morgan fingerprint density at radius 2 is 1.65 bits per heavy atom. The SMILES string of the molecule is CC1CC(C)C(N2CCC(C)(C)CC2)C(O)C1. The van der Waals surface area contributed by atoms with E-state index < -0.39 is 0 Å². The van der Waals surface area contributed by atoms with Crippen LogP contribution in [0, 0.1) is 17.3 Å². The fraction of sp³-hybridized carbons (Fsp3) is 1.00. The highest BCUT2D eigenvalue weighted by Crippen LogP contribution is 2.37. The van der Waals surface area contributed by atoms with Crippen molar-refractivity contribution in [1.29, 1.82) is 0 Å². The molecule has 1 saturated heterocycles. The van der Waals surface area contributed by atoms with Crippen molar-refractivity contribution >= 4 is 0 Å². The number of aliphatic hydroxyl groups is 1. The van der Waals surface area contributed by atoms with Crippen LogP contribution in [0.4, 0.5) is 0 Å². The van der Waals surface area contributed by atoms with Gasteiger partial charge in [-0.05, 0) is 56.0 Å². The minimum absolute atomic E-state index is 0.102. The number of hydrogen-bond donors (Lipinski definition) is 1. The standard InChI is InChI=1S/C15H29NO/c1-11-9-12(2)14(13(17)10-11)16-7-5-15(3,4)6-8-16/h11-14,17H,5-10H2,1-4H3. The van der Waals surface area contributed by atoms with Gasteiger partial charge in [0.1, 0.15) is 0 Å². The van der Waals surface area contributed by atoms with Crippen LogP contribution in [0.1, 0.15) is 53.4 Å². The van der Waals surface area contributed by atoms with Gasteiger partial charge in [0.2, 0.25) is 0 Å². The second-order valence-electron chi connectivity index (χ2n) is 7.31. The predicted molar refractivity (Wildman–Crippen MR) is 71.9 cm³/mol. The van der Waals surface area contributed by atoms with Crippen molar-refractivity contribution in [3.63, 3.8) is 0 Å². The zero-order chi connectivity index (χ0) is 12.6. The van der Waals surface area contributed by atoms with Crippen molar-refractivity contribution in [2.45, 2.75) is 65.5 Å². The molecule has 17 heavy (non-hydrogen) atoms. The zero-order valence-corrected chi connectivity index (χ0v) is 11.9. The molecule has 100 valence electrons. The molecule has 1 saturated carbocycles. The van der Waals surface area contributed by atoms with E-state index in [4.69, 9.17) is 0 Å². The fourth-order valence-electron chi connectivity index (χ4n) is 3.83.